The van der Waals surface area contributed by atoms with E-state index >= 15 is 0 Å². The van der Waals surface area contributed by atoms with Crippen LogP contribution in [0.5, 0.6) is 0 Å². The van der Waals surface area contributed by atoms with Crippen molar-refractivity contribution in [3.63, 3.8) is 0 Å². The molecule has 0 unspecified atom stereocenters. The number of rotatable bonds is 4. The normalized spacial score (nSPS) is 20.9. The largest absolute Gasteiger partial charge is 0.381 e. The number of carbonyl (C=O) groups excluding carboxylic acids is 1. The predicted molar refractivity (Wildman–Crippen MR) is 112 cm³/mol. The molecule has 3 aromatic rings. The van der Waals surface area contributed by atoms with Crippen LogP contribution in [0.3, 0.4) is 0 Å². The third-order valence-corrected chi connectivity index (χ3v) is 7.04. The summed E-state index contributed by atoms with van der Waals surface area (Å²) in [7, 11) is 0. The number of aromatic nitrogens is 3. The predicted octanol–water partition coefficient (Wildman–Crippen LogP) is 2.83. The van der Waals surface area contributed by atoms with Gasteiger partial charge >= 0.3 is 0 Å². The van der Waals surface area contributed by atoms with Gasteiger partial charge in [-0.25, -0.2) is 8.91 Å². The van der Waals surface area contributed by atoms with E-state index in [9.17, 15) is 9.18 Å². The number of carbonyl (C=O) groups is 1. The Morgan fingerprint density at radius 1 is 1.33 bits per heavy atom. The Morgan fingerprint density at radius 2 is 2.07 bits per heavy atom. The number of nitrogens with zero attached hydrogens (tertiary/aromatic N) is 3. The molecule has 30 heavy (non-hydrogen) atoms. The summed E-state index contributed by atoms with van der Waals surface area (Å²) >= 11 is 0. The highest BCUT2D eigenvalue weighted by Gasteiger charge is 2.35. The number of likely N-dealkylation sites (tertiary alicyclic amines) is 1. The molecular weight excluding hydrogens is 385 g/mol. The number of fused-ring (bicyclic) bond motifs is 3. The van der Waals surface area contributed by atoms with Gasteiger partial charge in [0.15, 0.2) is 0 Å². The molecule has 0 saturated carbocycles. The highest BCUT2D eigenvalue weighted by Crippen LogP contribution is 2.38. The number of hydrogen-bond acceptors (Lipinski definition) is 4. The molecule has 2 fully saturated rings. The summed E-state index contributed by atoms with van der Waals surface area (Å²) in [4.78, 5) is 17.7. The van der Waals surface area contributed by atoms with Crippen LogP contribution in [0.4, 0.5) is 4.39 Å². The van der Waals surface area contributed by atoms with E-state index in [1.54, 1.807) is 4.52 Å². The summed E-state index contributed by atoms with van der Waals surface area (Å²) in [6.45, 7) is 7.30. The van der Waals surface area contributed by atoms with Crippen LogP contribution in [0.25, 0.3) is 16.7 Å². The molecule has 2 saturated heterocycles. The van der Waals surface area contributed by atoms with E-state index in [1.165, 1.54) is 12.1 Å². The first-order valence-corrected chi connectivity index (χ1v) is 10.7. The lowest BCUT2D eigenvalue weighted by Crippen LogP contribution is -2.43. The van der Waals surface area contributed by atoms with Crippen molar-refractivity contribution < 1.29 is 13.9 Å². The van der Waals surface area contributed by atoms with Crippen molar-refractivity contribution in [3.8, 4) is 0 Å². The summed E-state index contributed by atoms with van der Waals surface area (Å²) in [5.74, 6) is -0.415. The van der Waals surface area contributed by atoms with Crippen LogP contribution in [-0.2, 0) is 10.2 Å². The van der Waals surface area contributed by atoms with Crippen molar-refractivity contribution >= 4 is 22.6 Å². The van der Waals surface area contributed by atoms with Gasteiger partial charge in [0.25, 0.3) is 5.91 Å². The maximum absolute atomic E-state index is 14.0. The number of imidazole rings is 1. The van der Waals surface area contributed by atoms with Gasteiger partial charge in [-0.3, -0.25) is 4.79 Å². The van der Waals surface area contributed by atoms with E-state index in [4.69, 9.17) is 10.5 Å². The second kappa shape index (κ2) is 7.35. The molecule has 3 N–H and O–H groups in total. The number of nitrogens with two attached hydrogens (primary N) is 1. The molecule has 0 spiro atoms. The summed E-state index contributed by atoms with van der Waals surface area (Å²) in [5.41, 5.74) is 8.60. The smallest absolute Gasteiger partial charge is 0.251 e. The number of piperidine rings is 1. The minimum atomic E-state index is -0.662. The zero-order valence-electron chi connectivity index (χ0n) is 17.3. The first-order chi connectivity index (χ1) is 14.4. The first kappa shape index (κ1) is 19.5. The maximum atomic E-state index is 14.0. The topological polar surface area (TPSA) is 88.7 Å². The number of ether oxygens (including phenoxy) is 1. The van der Waals surface area contributed by atoms with Crippen molar-refractivity contribution in [1.29, 1.82) is 0 Å². The lowest BCUT2D eigenvalue weighted by Gasteiger charge is -2.40. The van der Waals surface area contributed by atoms with Gasteiger partial charge in [-0.2, -0.15) is 5.10 Å². The molecule has 0 atom stereocenters. The monoisotopic (exact) mass is 413 g/mol. The third kappa shape index (κ3) is 3.28. The molecule has 1 amide bonds. The zero-order chi connectivity index (χ0) is 20.9. The Labute approximate surface area is 174 Å². The van der Waals surface area contributed by atoms with Crippen LogP contribution < -0.4 is 5.73 Å². The second-order valence-electron chi connectivity index (χ2n) is 9.07. The lowest BCUT2D eigenvalue weighted by molar-refractivity contribution is 0.0455. The van der Waals surface area contributed by atoms with E-state index in [1.807, 2.05) is 6.20 Å². The molecule has 8 heteroatoms. The van der Waals surface area contributed by atoms with Gasteiger partial charge in [0.2, 0.25) is 0 Å². The number of halogens is 1. The number of primary amides is 1. The Kier molecular flexibility index (Phi) is 4.78. The van der Waals surface area contributed by atoms with E-state index in [0.717, 1.165) is 75.7 Å². The molecule has 0 aliphatic carbocycles. The SMILES string of the molecule is CC1(c2cnn3c2[nH]c2cc(F)cc(C(N)=O)c23)CCN(CC2CCOCC2)CC1. The maximum Gasteiger partial charge on any atom is 0.251 e. The van der Waals surface area contributed by atoms with Crippen LogP contribution in [0, 0.1) is 11.7 Å². The van der Waals surface area contributed by atoms with Crippen molar-refractivity contribution in [2.75, 3.05) is 32.8 Å². The quantitative estimate of drug-likeness (QED) is 0.688. The van der Waals surface area contributed by atoms with E-state index in [-0.39, 0.29) is 11.0 Å². The highest BCUT2D eigenvalue weighted by atomic mass is 19.1. The molecule has 4 heterocycles. The number of H-pyrrole nitrogens is 1. The summed E-state index contributed by atoms with van der Waals surface area (Å²) in [6.07, 6.45) is 6.26. The summed E-state index contributed by atoms with van der Waals surface area (Å²) in [6, 6.07) is 2.56. The van der Waals surface area contributed by atoms with Gasteiger partial charge in [-0.1, -0.05) is 6.92 Å². The van der Waals surface area contributed by atoms with Gasteiger partial charge in [0.1, 0.15) is 17.0 Å². The Balaban J connectivity index is 1.42. The Hall–Kier alpha value is -2.45. The molecule has 2 aliphatic rings. The van der Waals surface area contributed by atoms with Crippen LogP contribution in [0.1, 0.15) is 48.5 Å². The molecule has 1 aromatic carbocycles. The fourth-order valence-corrected chi connectivity index (χ4v) is 5.11. The molecule has 5 rings (SSSR count). The fourth-order valence-electron chi connectivity index (χ4n) is 5.11. The molecule has 0 radical (unpaired) electrons. The number of aromatic amines is 1. The number of benzene rings is 1. The average Bonchev–Trinajstić information content (AvgIpc) is 3.29. The van der Waals surface area contributed by atoms with Crippen LogP contribution in [0.2, 0.25) is 0 Å². The van der Waals surface area contributed by atoms with E-state index < -0.39 is 11.7 Å². The first-order valence-electron chi connectivity index (χ1n) is 10.7. The second-order valence-corrected chi connectivity index (χ2v) is 9.07. The Bertz CT molecular complexity index is 1090. The van der Waals surface area contributed by atoms with Gasteiger partial charge in [-0.05, 0) is 56.8 Å². The minimum absolute atomic E-state index is 0.0275. The fraction of sp³-hybridized carbons (Fsp3) is 0.545. The molecule has 0 bridgehead atoms. The average molecular weight is 413 g/mol. The van der Waals surface area contributed by atoms with Gasteiger partial charge in [0, 0.05) is 30.7 Å². The third-order valence-electron chi connectivity index (χ3n) is 7.04. The summed E-state index contributed by atoms with van der Waals surface area (Å²) in [5, 5.41) is 4.54. The van der Waals surface area contributed by atoms with E-state index in [0.29, 0.717) is 11.0 Å². The highest BCUT2D eigenvalue weighted by molar-refractivity contribution is 6.05. The zero-order valence-corrected chi connectivity index (χ0v) is 17.3. The molecule has 2 aromatic heterocycles. The minimum Gasteiger partial charge on any atom is -0.381 e. The van der Waals surface area contributed by atoms with Crippen LogP contribution in [-0.4, -0.2) is 58.3 Å². The van der Waals surface area contributed by atoms with Gasteiger partial charge in [0.05, 0.1) is 17.3 Å². The van der Waals surface area contributed by atoms with Crippen molar-refractivity contribution in [2.24, 2.45) is 11.7 Å². The standard InChI is InChI=1S/C22H28FN5O2/c1-22(4-6-27(7-5-22)13-14-2-8-30-9-3-14)17-12-25-28-19-16(20(24)29)10-15(23)11-18(19)26-21(17)28/h10-12,14,26H,2-9,13H2,1H3,(H2,24,29). The number of hydrogen-bond donors (Lipinski definition) is 2. The van der Waals surface area contributed by atoms with Crippen molar-refractivity contribution in [3.05, 3.63) is 35.3 Å². The molecule has 160 valence electrons. The number of amides is 1. The van der Waals surface area contributed by atoms with Crippen LogP contribution >= 0.6 is 0 Å². The number of nitrogens with one attached hydrogen (secondary N) is 1. The van der Waals surface area contributed by atoms with Gasteiger partial charge < -0.3 is 20.4 Å². The lowest BCUT2D eigenvalue weighted by atomic mass is 9.75. The van der Waals surface area contributed by atoms with Crippen molar-refractivity contribution in [2.45, 2.75) is 38.0 Å². The van der Waals surface area contributed by atoms with E-state index in [2.05, 4.69) is 21.9 Å². The summed E-state index contributed by atoms with van der Waals surface area (Å²) < 4.78 is 21.2. The molecular formula is C22H28FN5O2. The van der Waals surface area contributed by atoms with Crippen LogP contribution in [0.15, 0.2) is 18.3 Å². The van der Waals surface area contributed by atoms with Crippen molar-refractivity contribution in [1.82, 2.24) is 19.5 Å². The molecule has 7 nitrogen and oxygen atoms in total. The molecule has 2 aliphatic heterocycles. The van der Waals surface area contributed by atoms with Gasteiger partial charge in [-0.15, -0.1) is 0 Å². The Morgan fingerprint density at radius 3 is 2.77 bits per heavy atom.